The van der Waals surface area contributed by atoms with Gasteiger partial charge in [-0.25, -0.2) is 26.7 Å². The van der Waals surface area contributed by atoms with Crippen molar-refractivity contribution in [2.24, 2.45) is 5.92 Å². The maximum Gasteiger partial charge on any atom is 0.284 e. The average Bonchev–Trinajstić information content (AvgIpc) is 4.14. The summed E-state index contributed by atoms with van der Waals surface area (Å²) in [5, 5.41) is 16.2. The minimum atomic E-state index is -3.98. The van der Waals surface area contributed by atoms with E-state index in [1.165, 1.54) is 27.7 Å². The number of halogens is 2. The Morgan fingerprint density at radius 3 is 2.53 bits per heavy atom. The van der Waals surface area contributed by atoms with E-state index >= 15 is 0 Å². The summed E-state index contributed by atoms with van der Waals surface area (Å²) in [6, 6.07) is 5.29. The first kappa shape index (κ1) is 44.8. The van der Waals surface area contributed by atoms with Gasteiger partial charge in [0.2, 0.25) is 27.7 Å². The van der Waals surface area contributed by atoms with Gasteiger partial charge in [0.1, 0.15) is 17.4 Å². The average molecular weight is 936 g/mol. The van der Waals surface area contributed by atoms with E-state index in [9.17, 15) is 46.0 Å². The van der Waals surface area contributed by atoms with Crippen molar-refractivity contribution in [3.63, 3.8) is 0 Å². The fourth-order valence-corrected chi connectivity index (χ4v) is 10.4. The number of rotatable bonds is 17. The molecule has 4 fully saturated rings. The molecule has 2 bridgehead atoms. The van der Waals surface area contributed by atoms with Crippen molar-refractivity contribution in [1.82, 2.24) is 39.3 Å². The SMILES string of the molecule is O=C1CCC(N2C(=O)c3cccc(NCCCOCCCS(=O)(=O)NC(=O)[C@H]4CC[C@H](n5cc(NC(=O)c6cnn7ccc(N8CC9CC8CO9)nc67)c(C(F)F)n5)CC4)c3C2=O)C(=O)N1. The van der Waals surface area contributed by atoms with Crippen LogP contribution >= 0.6 is 0 Å². The number of benzene rings is 1. The van der Waals surface area contributed by atoms with Gasteiger partial charge in [0, 0.05) is 56.7 Å². The highest BCUT2D eigenvalue weighted by Gasteiger charge is 2.46. The molecule has 5 aliphatic rings. The fourth-order valence-electron chi connectivity index (χ4n) is 9.30. The van der Waals surface area contributed by atoms with E-state index in [0.717, 1.165) is 11.3 Å². The first-order valence-electron chi connectivity index (χ1n) is 21.9. The molecule has 1 saturated carbocycles. The van der Waals surface area contributed by atoms with Crippen LogP contribution in [0.4, 0.5) is 26.0 Å². The van der Waals surface area contributed by atoms with Crippen LogP contribution in [0.5, 0.6) is 0 Å². The molecule has 4 N–H and O–H groups in total. The third-order valence-electron chi connectivity index (χ3n) is 12.7. The molecule has 350 valence electrons. The topological polar surface area (TPSA) is 258 Å². The number of nitrogens with zero attached hydrogens (tertiary/aromatic N) is 7. The molecule has 21 nitrogen and oxygen atoms in total. The molecule has 3 aromatic heterocycles. The molecule has 1 aromatic carbocycles. The first-order valence-corrected chi connectivity index (χ1v) is 23.5. The second kappa shape index (κ2) is 18.5. The van der Waals surface area contributed by atoms with Crippen LogP contribution in [0.3, 0.4) is 0 Å². The molecule has 3 unspecified atom stereocenters. The van der Waals surface area contributed by atoms with E-state index in [1.807, 2.05) is 0 Å². The number of aromatic nitrogens is 5. The maximum atomic E-state index is 14.2. The number of ether oxygens (including phenoxy) is 2. The first-order chi connectivity index (χ1) is 31.7. The summed E-state index contributed by atoms with van der Waals surface area (Å²) in [5.41, 5.74) is 0.284. The zero-order chi connectivity index (χ0) is 46.3. The molecule has 9 rings (SSSR count). The summed E-state index contributed by atoms with van der Waals surface area (Å²) in [4.78, 5) is 84.5. The number of sulfonamides is 1. The van der Waals surface area contributed by atoms with Crippen molar-refractivity contribution in [3.8, 4) is 0 Å². The molecule has 4 aliphatic heterocycles. The highest BCUT2D eigenvalue weighted by Crippen LogP contribution is 2.37. The molecular formula is C42H47F2N11O10S. The highest BCUT2D eigenvalue weighted by atomic mass is 32.2. The number of hydrogen-bond donors (Lipinski definition) is 4. The predicted octanol–water partition coefficient (Wildman–Crippen LogP) is 2.58. The number of carbonyl (C=O) groups is 6. The summed E-state index contributed by atoms with van der Waals surface area (Å²) in [6.07, 6.45) is 4.30. The van der Waals surface area contributed by atoms with Crippen LogP contribution in [-0.4, -0.2) is 130 Å². The monoisotopic (exact) mass is 935 g/mol. The number of imide groups is 2. The van der Waals surface area contributed by atoms with Gasteiger partial charge in [0.25, 0.3) is 24.1 Å². The second-order valence-corrected chi connectivity index (χ2v) is 18.8. The molecule has 0 radical (unpaired) electrons. The van der Waals surface area contributed by atoms with E-state index in [0.29, 0.717) is 50.5 Å². The molecule has 4 aromatic rings. The van der Waals surface area contributed by atoms with Crippen LogP contribution in [0.15, 0.2) is 42.9 Å². The minimum absolute atomic E-state index is 0.0127. The summed E-state index contributed by atoms with van der Waals surface area (Å²) >= 11 is 0. The lowest BCUT2D eigenvalue weighted by Crippen LogP contribution is -2.54. The van der Waals surface area contributed by atoms with E-state index < -0.39 is 69.5 Å². The number of anilines is 3. The van der Waals surface area contributed by atoms with Gasteiger partial charge in [0.15, 0.2) is 11.3 Å². The molecule has 3 atom stereocenters. The Hall–Kier alpha value is -6.40. The summed E-state index contributed by atoms with van der Waals surface area (Å²) in [7, 11) is -3.98. The molecule has 24 heteroatoms. The lowest BCUT2D eigenvalue weighted by atomic mass is 9.86. The van der Waals surface area contributed by atoms with Gasteiger partial charge in [-0.05, 0) is 69.6 Å². The van der Waals surface area contributed by atoms with Gasteiger partial charge < -0.3 is 25.0 Å². The third kappa shape index (κ3) is 9.07. The number of hydrogen-bond acceptors (Lipinski definition) is 15. The minimum Gasteiger partial charge on any atom is -0.384 e. The second-order valence-electron chi connectivity index (χ2n) is 17.0. The van der Waals surface area contributed by atoms with Crippen LogP contribution in [0, 0.1) is 5.92 Å². The number of piperidine rings is 1. The predicted molar refractivity (Wildman–Crippen MR) is 228 cm³/mol. The number of fused-ring (bicyclic) bond motifs is 4. The van der Waals surface area contributed by atoms with E-state index in [1.54, 1.807) is 24.4 Å². The van der Waals surface area contributed by atoms with Crippen LogP contribution in [0.1, 0.15) is 107 Å². The Labute approximate surface area is 376 Å². The largest absolute Gasteiger partial charge is 0.384 e. The standard InChI is InChI=1S/C42H47F2N11O10S/c43-36(44)35-30(47-39(58)28-19-46-53-14-12-32(48-37(28)53)52-20-26-18-25(52)22-65-26)21-54(50-35)24-8-6-23(7-9-24)38(57)51-66(62,63)17-3-16-64-15-2-13-45-29-5-1-4-27-34(29)42(61)55(41(27)60)31-10-11-33(56)49-40(31)59/h1,4-5,12,14,19,21,23-26,31,36,45H,2-3,6-11,13,15-18,20,22H2,(H,47,58)(H,51,57)(H,49,56,59)/t23-,24-,25?,26?,31?. The molecule has 1 aliphatic carbocycles. The van der Waals surface area contributed by atoms with Crippen LogP contribution in [0.2, 0.25) is 0 Å². The molecule has 6 amide bonds. The zero-order valence-corrected chi connectivity index (χ0v) is 36.3. The van der Waals surface area contributed by atoms with Gasteiger partial charge in [0.05, 0.1) is 53.6 Å². The smallest absolute Gasteiger partial charge is 0.284 e. The van der Waals surface area contributed by atoms with Crippen LogP contribution in [0.25, 0.3) is 5.65 Å². The van der Waals surface area contributed by atoms with Gasteiger partial charge >= 0.3 is 0 Å². The van der Waals surface area contributed by atoms with Gasteiger partial charge in [-0.1, -0.05) is 6.07 Å². The van der Waals surface area contributed by atoms with Crippen molar-refractivity contribution in [3.05, 3.63) is 65.2 Å². The summed E-state index contributed by atoms with van der Waals surface area (Å²) < 4.78 is 70.3. The van der Waals surface area contributed by atoms with Gasteiger partial charge in [-0.15, -0.1) is 0 Å². The van der Waals surface area contributed by atoms with E-state index in [-0.39, 0.29) is 97.3 Å². The van der Waals surface area contributed by atoms with Gasteiger partial charge in [-0.3, -0.25) is 48.4 Å². The maximum absolute atomic E-state index is 14.2. The number of alkyl halides is 2. The lowest BCUT2D eigenvalue weighted by Gasteiger charge is -2.27. The fraction of sp³-hybridized carbons (Fsp3) is 0.500. The van der Waals surface area contributed by atoms with Crippen LogP contribution in [-0.2, 0) is 33.9 Å². The number of morpholine rings is 1. The molecule has 7 heterocycles. The Morgan fingerprint density at radius 1 is 0.985 bits per heavy atom. The number of amides is 6. The molecule has 0 spiro atoms. The normalized spacial score (nSPS) is 22.9. The van der Waals surface area contributed by atoms with Crippen molar-refractivity contribution >= 4 is 68.3 Å². The van der Waals surface area contributed by atoms with Crippen molar-refractivity contribution in [2.45, 2.75) is 88.4 Å². The third-order valence-corrected chi connectivity index (χ3v) is 14.0. The highest BCUT2D eigenvalue weighted by molar-refractivity contribution is 7.90. The van der Waals surface area contributed by atoms with E-state index in [2.05, 4.69) is 40.8 Å². The number of carbonyl (C=O) groups excluding carboxylic acids is 6. The lowest BCUT2D eigenvalue weighted by molar-refractivity contribution is -0.136. The van der Waals surface area contributed by atoms with Crippen molar-refractivity contribution in [2.75, 3.05) is 54.2 Å². The zero-order valence-electron chi connectivity index (χ0n) is 35.5. The molecular weight excluding hydrogens is 889 g/mol. The van der Waals surface area contributed by atoms with Crippen molar-refractivity contribution in [1.29, 1.82) is 0 Å². The van der Waals surface area contributed by atoms with Crippen LogP contribution < -0.4 is 25.6 Å². The van der Waals surface area contributed by atoms with Gasteiger partial charge in [-0.2, -0.15) is 10.2 Å². The van der Waals surface area contributed by atoms with Crippen molar-refractivity contribution < 1.29 is 55.4 Å². The number of nitrogens with one attached hydrogen (secondary N) is 4. The Balaban J connectivity index is 0.699. The summed E-state index contributed by atoms with van der Waals surface area (Å²) in [6.45, 7) is 1.96. The molecule has 66 heavy (non-hydrogen) atoms. The quantitative estimate of drug-likeness (QED) is 0.0877. The summed E-state index contributed by atoms with van der Waals surface area (Å²) in [5.74, 6) is -4.04. The molecule has 3 saturated heterocycles. The Bertz CT molecular complexity index is 2700. The van der Waals surface area contributed by atoms with E-state index in [4.69, 9.17) is 9.47 Å². The Morgan fingerprint density at radius 2 is 1.79 bits per heavy atom. The Kier molecular flexibility index (Phi) is 12.5.